The molecule has 1 saturated heterocycles. The molecule has 2 atom stereocenters. The molecule has 0 aromatic heterocycles. The first-order valence-electron chi connectivity index (χ1n) is 7.07. The molecule has 0 aromatic rings. The molecular formula is C15H27N3O. The Kier molecular flexibility index (Phi) is 6.81. The third kappa shape index (κ3) is 4.48. The van der Waals surface area contributed by atoms with Crippen molar-refractivity contribution in [1.82, 2.24) is 9.80 Å². The average molecular weight is 265 g/mol. The lowest BCUT2D eigenvalue weighted by molar-refractivity contribution is -0.132. The lowest BCUT2D eigenvalue weighted by Crippen LogP contribution is -2.52. The van der Waals surface area contributed by atoms with E-state index in [-0.39, 0.29) is 5.91 Å². The third-order valence-electron chi connectivity index (χ3n) is 3.86. The zero-order valence-electron chi connectivity index (χ0n) is 12.1. The van der Waals surface area contributed by atoms with Crippen LogP contribution in [0.3, 0.4) is 0 Å². The number of amides is 1. The molecule has 1 amide bonds. The summed E-state index contributed by atoms with van der Waals surface area (Å²) in [6, 6.07) is 0.326. The van der Waals surface area contributed by atoms with E-state index in [0.29, 0.717) is 38.1 Å². The molecule has 0 saturated carbocycles. The van der Waals surface area contributed by atoms with E-state index in [0.717, 1.165) is 13.0 Å². The zero-order valence-corrected chi connectivity index (χ0v) is 12.1. The highest BCUT2D eigenvalue weighted by Crippen LogP contribution is 2.22. The summed E-state index contributed by atoms with van der Waals surface area (Å²) in [5.41, 5.74) is 5.85. The highest BCUT2D eigenvalue weighted by Gasteiger charge is 2.29. The van der Waals surface area contributed by atoms with Gasteiger partial charge in [0.2, 0.25) is 5.91 Å². The maximum absolute atomic E-state index is 12.3. The minimum absolute atomic E-state index is 0.132. The number of piperidine rings is 1. The first-order valence-corrected chi connectivity index (χ1v) is 7.07. The van der Waals surface area contributed by atoms with Gasteiger partial charge >= 0.3 is 0 Å². The van der Waals surface area contributed by atoms with Gasteiger partial charge in [0.15, 0.2) is 0 Å². The number of likely N-dealkylation sites (tertiary alicyclic amines) is 1. The van der Waals surface area contributed by atoms with Crippen LogP contribution in [0, 0.1) is 5.92 Å². The van der Waals surface area contributed by atoms with Gasteiger partial charge in [0, 0.05) is 25.7 Å². The summed E-state index contributed by atoms with van der Waals surface area (Å²) in [7, 11) is 0. The van der Waals surface area contributed by atoms with Crippen molar-refractivity contribution < 1.29 is 4.79 Å². The highest BCUT2D eigenvalue weighted by atomic mass is 16.2. The van der Waals surface area contributed by atoms with Gasteiger partial charge < -0.3 is 10.6 Å². The molecule has 0 radical (unpaired) electrons. The molecule has 1 fully saturated rings. The minimum Gasteiger partial charge on any atom is -0.334 e. The van der Waals surface area contributed by atoms with Gasteiger partial charge in [-0.3, -0.25) is 9.69 Å². The largest absolute Gasteiger partial charge is 0.334 e. The van der Waals surface area contributed by atoms with Crippen molar-refractivity contribution in [2.24, 2.45) is 11.7 Å². The monoisotopic (exact) mass is 265 g/mol. The van der Waals surface area contributed by atoms with E-state index in [2.05, 4.69) is 25.0 Å². The minimum atomic E-state index is 0.132. The number of hydrogen-bond acceptors (Lipinski definition) is 3. The molecule has 4 heteroatoms. The van der Waals surface area contributed by atoms with Crippen LogP contribution in [0.2, 0.25) is 0 Å². The molecule has 2 unspecified atom stereocenters. The van der Waals surface area contributed by atoms with Gasteiger partial charge in [-0.25, -0.2) is 0 Å². The van der Waals surface area contributed by atoms with Crippen LogP contribution in [0.25, 0.3) is 0 Å². The van der Waals surface area contributed by atoms with Gasteiger partial charge in [0.25, 0.3) is 0 Å². The van der Waals surface area contributed by atoms with Crippen LogP contribution in [-0.4, -0.2) is 54.5 Å². The summed E-state index contributed by atoms with van der Waals surface area (Å²) in [5, 5.41) is 0. The predicted molar refractivity (Wildman–Crippen MR) is 79.8 cm³/mol. The smallest absolute Gasteiger partial charge is 0.237 e. The Morgan fingerprint density at radius 2 is 2.05 bits per heavy atom. The fraction of sp³-hybridized carbons (Fsp3) is 0.667. The van der Waals surface area contributed by atoms with Crippen molar-refractivity contribution in [1.29, 1.82) is 0 Å². The number of nitrogens with two attached hydrogens (primary N) is 1. The van der Waals surface area contributed by atoms with Gasteiger partial charge in [-0.05, 0) is 25.3 Å². The molecule has 19 heavy (non-hydrogen) atoms. The third-order valence-corrected chi connectivity index (χ3v) is 3.86. The molecule has 0 aromatic carbocycles. The molecule has 4 nitrogen and oxygen atoms in total. The topological polar surface area (TPSA) is 49.6 Å². The van der Waals surface area contributed by atoms with E-state index < -0.39 is 0 Å². The number of nitrogens with zero attached hydrogens (tertiary/aromatic N) is 2. The molecular weight excluding hydrogens is 238 g/mol. The van der Waals surface area contributed by atoms with E-state index in [1.165, 1.54) is 6.42 Å². The fourth-order valence-corrected chi connectivity index (χ4v) is 2.78. The van der Waals surface area contributed by atoms with Crippen molar-refractivity contribution in [2.45, 2.75) is 25.8 Å². The molecule has 1 aliphatic heterocycles. The van der Waals surface area contributed by atoms with Crippen LogP contribution in [0.1, 0.15) is 19.8 Å². The summed E-state index contributed by atoms with van der Waals surface area (Å²) >= 11 is 0. The Bertz CT molecular complexity index is 307. The van der Waals surface area contributed by atoms with Crippen LogP contribution in [-0.2, 0) is 4.79 Å². The van der Waals surface area contributed by atoms with E-state index in [1.807, 2.05) is 0 Å². The van der Waals surface area contributed by atoms with E-state index >= 15 is 0 Å². The summed E-state index contributed by atoms with van der Waals surface area (Å²) in [6.07, 6.45) is 5.85. The van der Waals surface area contributed by atoms with Crippen LogP contribution in [0.15, 0.2) is 25.3 Å². The van der Waals surface area contributed by atoms with Gasteiger partial charge in [-0.15, -0.1) is 13.2 Å². The van der Waals surface area contributed by atoms with Gasteiger partial charge in [-0.1, -0.05) is 19.1 Å². The zero-order chi connectivity index (χ0) is 14.3. The molecule has 108 valence electrons. The maximum Gasteiger partial charge on any atom is 0.237 e. The van der Waals surface area contributed by atoms with Gasteiger partial charge in [0.05, 0.1) is 6.54 Å². The summed E-state index contributed by atoms with van der Waals surface area (Å²) in [6.45, 7) is 12.8. The Labute approximate surface area is 116 Å². The molecule has 1 aliphatic rings. The Balaban J connectivity index is 2.61. The van der Waals surface area contributed by atoms with Crippen molar-refractivity contribution in [2.75, 3.05) is 32.7 Å². The molecule has 0 spiro atoms. The van der Waals surface area contributed by atoms with Crippen LogP contribution >= 0.6 is 0 Å². The van der Waals surface area contributed by atoms with Crippen molar-refractivity contribution in [3.05, 3.63) is 25.3 Å². The number of carbonyl (C=O) groups excluding carboxylic acids is 1. The fourth-order valence-electron chi connectivity index (χ4n) is 2.78. The summed E-state index contributed by atoms with van der Waals surface area (Å²) in [4.78, 5) is 16.3. The highest BCUT2D eigenvalue weighted by molar-refractivity contribution is 5.78. The predicted octanol–water partition coefficient (Wildman–Crippen LogP) is 1.25. The number of carbonyl (C=O) groups is 1. The quantitative estimate of drug-likeness (QED) is 0.705. The van der Waals surface area contributed by atoms with Crippen LogP contribution in [0.5, 0.6) is 0 Å². The van der Waals surface area contributed by atoms with Crippen molar-refractivity contribution >= 4 is 5.91 Å². The SMILES string of the molecule is C=CCN(CC=C)C(=O)CN1CCCC(C)C1CN. The molecule has 1 heterocycles. The Hall–Kier alpha value is -1.13. The summed E-state index contributed by atoms with van der Waals surface area (Å²) in [5.74, 6) is 0.700. The lowest BCUT2D eigenvalue weighted by Gasteiger charge is -2.39. The van der Waals surface area contributed by atoms with Crippen molar-refractivity contribution in [3.8, 4) is 0 Å². The number of rotatable bonds is 7. The normalized spacial score (nSPS) is 23.9. The second-order valence-electron chi connectivity index (χ2n) is 5.27. The van der Waals surface area contributed by atoms with E-state index in [1.54, 1.807) is 17.1 Å². The van der Waals surface area contributed by atoms with E-state index in [9.17, 15) is 4.79 Å². The van der Waals surface area contributed by atoms with Gasteiger partial charge in [0.1, 0.15) is 0 Å². The van der Waals surface area contributed by atoms with Gasteiger partial charge in [-0.2, -0.15) is 0 Å². The lowest BCUT2D eigenvalue weighted by atomic mass is 9.91. The van der Waals surface area contributed by atoms with Crippen LogP contribution < -0.4 is 5.73 Å². The second-order valence-corrected chi connectivity index (χ2v) is 5.27. The summed E-state index contributed by atoms with van der Waals surface area (Å²) < 4.78 is 0. The molecule has 0 aliphatic carbocycles. The van der Waals surface area contributed by atoms with Crippen LogP contribution in [0.4, 0.5) is 0 Å². The average Bonchev–Trinajstić information content (AvgIpc) is 2.38. The Morgan fingerprint density at radius 1 is 1.42 bits per heavy atom. The second kappa shape index (κ2) is 8.12. The first kappa shape index (κ1) is 15.9. The first-order chi connectivity index (χ1) is 9.13. The standard InChI is InChI=1S/C15H27N3O/c1-4-8-17(9-5-2)15(19)12-18-10-6-7-13(3)14(18)11-16/h4-5,13-14H,1-2,6-12,16H2,3H3. The number of hydrogen-bond donors (Lipinski definition) is 1. The van der Waals surface area contributed by atoms with Crippen molar-refractivity contribution in [3.63, 3.8) is 0 Å². The molecule has 1 rings (SSSR count). The maximum atomic E-state index is 12.3. The Morgan fingerprint density at radius 3 is 2.58 bits per heavy atom. The molecule has 0 bridgehead atoms. The van der Waals surface area contributed by atoms with E-state index in [4.69, 9.17) is 5.73 Å². The molecule has 2 N–H and O–H groups in total.